The monoisotopic (exact) mass is 464 g/mol. The molecule has 8 heteroatoms. The number of aliphatic hydroxyl groups is 1. The average Bonchev–Trinajstić information content (AvgIpc) is 3.27. The van der Waals surface area contributed by atoms with Gasteiger partial charge >= 0.3 is 0 Å². The van der Waals surface area contributed by atoms with Gasteiger partial charge in [-0.15, -0.1) is 0 Å². The number of benzene rings is 1. The van der Waals surface area contributed by atoms with E-state index < -0.39 is 11.0 Å². The Morgan fingerprint density at radius 1 is 0.882 bits per heavy atom. The lowest BCUT2D eigenvalue weighted by Gasteiger charge is -2.41. The highest BCUT2D eigenvalue weighted by molar-refractivity contribution is 5.83. The highest BCUT2D eigenvalue weighted by atomic mass is 16.3. The topological polar surface area (TPSA) is 76.0 Å². The molecule has 0 bridgehead atoms. The molecule has 182 valence electrons. The van der Waals surface area contributed by atoms with Crippen LogP contribution >= 0.6 is 0 Å². The second-order valence-corrected chi connectivity index (χ2v) is 10.4. The third-order valence-corrected chi connectivity index (χ3v) is 7.85. The summed E-state index contributed by atoms with van der Waals surface area (Å²) < 4.78 is 0. The number of carbonyl (C=O) groups excluding carboxylic acids is 1. The van der Waals surface area contributed by atoms with Crippen LogP contribution in [0.15, 0.2) is 48.8 Å². The van der Waals surface area contributed by atoms with E-state index in [9.17, 15) is 9.90 Å². The summed E-state index contributed by atoms with van der Waals surface area (Å²) in [6, 6.07) is 12.3. The minimum absolute atomic E-state index is 0.186. The molecule has 4 heterocycles. The molecule has 0 saturated carbocycles. The molecule has 2 aromatic rings. The van der Waals surface area contributed by atoms with Crippen LogP contribution in [0.3, 0.4) is 0 Å². The van der Waals surface area contributed by atoms with E-state index in [1.165, 1.54) is 5.69 Å². The normalized spacial score (nSPS) is 25.5. The zero-order valence-corrected chi connectivity index (χ0v) is 20.1. The van der Waals surface area contributed by atoms with Crippen molar-refractivity contribution in [3.63, 3.8) is 0 Å². The third kappa shape index (κ3) is 4.88. The fourth-order valence-corrected chi connectivity index (χ4v) is 5.63. The molecular formula is C26H36N6O2. The first kappa shape index (κ1) is 23.1. The van der Waals surface area contributed by atoms with Crippen molar-refractivity contribution < 1.29 is 9.90 Å². The van der Waals surface area contributed by atoms with Crippen molar-refractivity contribution in [2.75, 3.05) is 68.7 Å². The number of amides is 1. The van der Waals surface area contributed by atoms with Crippen LogP contribution in [0.2, 0.25) is 0 Å². The van der Waals surface area contributed by atoms with E-state index >= 15 is 0 Å². The van der Waals surface area contributed by atoms with Crippen LogP contribution in [-0.2, 0) is 4.79 Å². The van der Waals surface area contributed by atoms with E-state index in [0.717, 1.165) is 58.1 Å². The quantitative estimate of drug-likeness (QED) is 0.724. The summed E-state index contributed by atoms with van der Waals surface area (Å²) in [6.07, 6.45) is 5.72. The first-order chi connectivity index (χ1) is 16.4. The summed E-state index contributed by atoms with van der Waals surface area (Å²) in [5, 5.41) is 11.3. The van der Waals surface area contributed by atoms with E-state index in [-0.39, 0.29) is 5.91 Å². The molecule has 8 nitrogen and oxygen atoms in total. The van der Waals surface area contributed by atoms with Gasteiger partial charge in [-0.05, 0) is 37.5 Å². The molecule has 34 heavy (non-hydrogen) atoms. The van der Waals surface area contributed by atoms with E-state index in [1.807, 2.05) is 17.0 Å². The Bertz CT molecular complexity index is 958. The summed E-state index contributed by atoms with van der Waals surface area (Å²) in [5.41, 5.74) is 0.0498. The second kappa shape index (κ2) is 9.50. The maximum atomic E-state index is 13.5. The number of rotatable bonds is 5. The summed E-state index contributed by atoms with van der Waals surface area (Å²) in [6.45, 7) is 9.12. The first-order valence-electron chi connectivity index (χ1n) is 12.5. The molecule has 0 aliphatic carbocycles. The average molecular weight is 465 g/mol. The number of carbonyl (C=O) groups is 1. The number of para-hydroxylation sites is 1. The van der Waals surface area contributed by atoms with Crippen LogP contribution in [0.25, 0.3) is 0 Å². The van der Waals surface area contributed by atoms with Gasteiger partial charge in [-0.1, -0.05) is 25.1 Å². The zero-order chi connectivity index (χ0) is 23.6. The van der Waals surface area contributed by atoms with Gasteiger partial charge in [0, 0.05) is 75.9 Å². The van der Waals surface area contributed by atoms with E-state index in [0.29, 0.717) is 26.1 Å². The third-order valence-electron chi connectivity index (χ3n) is 7.85. The smallest absolute Gasteiger partial charge is 0.228 e. The van der Waals surface area contributed by atoms with Gasteiger partial charge in [0.25, 0.3) is 0 Å². The molecule has 1 aromatic heterocycles. The lowest BCUT2D eigenvalue weighted by Crippen LogP contribution is -2.54. The molecule has 5 rings (SSSR count). The van der Waals surface area contributed by atoms with Crippen molar-refractivity contribution >= 4 is 17.5 Å². The Morgan fingerprint density at radius 3 is 2.24 bits per heavy atom. The van der Waals surface area contributed by atoms with E-state index in [1.54, 1.807) is 12.4 Å². The van der Waals surface area contributed by atoms with Gasteiger partial charge in [0.15, 0.2) is 0 Å². The van der Waals surface area contributed by atoms with Gasteiger partial charge in [0.1, 0.15) is 0 Å². The molecule has 1 amide bonds. The zero-order valence-electron chi connectivity index (χ0n) is 20.1. The number of nitrogens with zero attached hydrogens (tertiary/aromatic N) is 6. The van der Waals surface area contributed by atoms with E-state index in [4.69, 9.17) is 0 Å². The van der Waals surface area contributed by atoms with Crippen LogP contribution < -0.4 is 9.80 Å². The van der Waals surface area contributed by atoms with Crippen LogP contribution in [0.5, 0.6) is 0 Å². The van der Waals surface area contributed by atoms with Crippen molar-refractivity contribution in [3.05, 3.63) is 48.8 Å². The molecule has 0 radical (unpaired) electrons. The Hall–Kier alpha value is -2.71. The number of hydrogen-bond acceptors (Lipinski definition) is 7. The predicted octanol–water partition coefficient (Wildman–Crippen LogP) is 1.87. The SMILES string of the molecule is CC1(C(=O)N2CC[C@](O)(CN3CCN(c4ccccc4)CC3)C2)CCN(c2ncccn2)CC1. The van der Waals surface area contributed by atoms with Gasteiger partial charge in [0.2, 0.25) is 11.9 Å². The first-order valence-corrected chi connectivity index (χ1v) is 12.5. The summed E-state index contributed by atoms with van der Waals surface area (Å²) >= 11 is 0. The Labute approximate surface area is 202 Å². The van der Waals surface area contributed by atoms with Gasteiger partial charge in [-0.3, -0.25) is 9.69 Å². The number of β-amino-alcohol motifs (C(OH)–C–C–N with tert-alkyl or cyclic N) is 1. The maximum Gasteiger partial charge on any atom is 0.228 e. The number of piperazine rings is 1. The molecule has 1 aromatic carbocycles. The Balaban J connectivity index is 1.12. The van der Waals surface area contributed by atoms with Crippen LogP contribution in [0.1, 0.15) is 26.2 Å². The van der Waals surface area contributed by atoms with Crippen LogP contribution in [0, 0.1) is 5.41 Å². The van der Waals surface area contributed by atoms with Crippen LogP contribution in [0.4, 0.5) is 11.6 Å². The number of aromatic nitrogens is 2. The molecule has 3 aliphatic rings. The highest BCUT2D eigenvalue weighted by Crippen LogP contribution is 2.36. The molecule has 3 aliphatic heterocycles. The number of piperidine rings is 1. The van der Waals surface area contributed by atoms with Crippen molar-refractivity contribution in [1.82, 2.24) is 19.8 Å². The lowest BCUT2D eigenvalue weighted by atomic mass is 9.79. The van der Waals surface area contributed by atoms with E-state index in [2.05, 4.69) is 55.9 Å². The molecule has 0 spiro atoms. The Kier molecular flexibility index (Phi) is 6.44. The molecular weight excluding hydrogens is 428 g/mol. The molecule has 0 unspecified atom stereocenters. The number of hydrogen-bond donors (Lipinski definition) is 1. The second-order valence-electron chi connectivity index (χ2n) is 10.4. The fourth-order valence-electron chi connectivity index (χ4n) is 5.63. The van der Waals surface area contributed by atoms with Crippen molar-refractivity contribution in [1.29, 1.82) is 0 Å². The van der Waals surface area contributed by atoms with Crippen molar-refractivity contribution in [3.8, 4) is 0 Å². The Morgan fingerprint density at radius 2 is 1.56 bits per heavy atom. The summed E-state index contributed by atoms with van der Waals surface area (Å²) in [7, 11) is 0. The largest absolute Gasteiger partial charge is 0.387 e. The maximum absolute atomic E-state index is 13.5. The van der Waals surface area contributed by atoms with Gasteiger partial charge < -0.3 is 19.8 Å². The van der Waals surface area contributed by atoms with Gasteiger partial charge in [-0.2, -0.15) is 0 Å². The number of likely N-dealkylation sites (tertiary alicyclic amines) is 1. The summed E-state index contributed by atoms with van der Waals surface area (Å²) in [5.74, 6) is 0.922. The lowest BCUT2D eigenvalue weighted by molar-refractivity contribution is -0.142. The number of anilines is 2. The molecule has 3 fully saturated rings. The fraction of sp³-hybridized carbons (Fsp3) is 0.577. The predicted molar refractivity (Wildman–Crippen MR) is 133 cm³/mol. The molecule has 1 N–H and O–H groups in total. The highest BCUT2D eigenvalue weighted by Gasteiger charge is 2.46. The van der Waals surface area contributed by atoms with Gasteiger partial charge in [-0.25, -0.2) is 9.97 Å². The van der Waals surface area contributed by atoms with Gasteiger partial charge in [0.05, 0.1) is 12.1 Å². The van der Waals surface area contributed by atoms with Crippen molar-refractivity contribution in [2.24, 2.45) is 5.41 Å². The minimum Gasteiger partial charge on any atom is -0.387 e. The molecule has 3 saturated heterocycles. The van der Waals surface area contributed by atoms with Crippen LogP contribution in [-0.4, -0.2) is 95.3 Å². The van der Waals surface area contributed by atoms with Crippen molar-refractivity contribution in [2.45, 2.75) is 31.8 Å². The minimum atomic E-state index is -0.820. The summed E-state index contributed by atoms with van der Waals surface area (Å²) in [4.78, 5) is 31.0. The standard InChI is InChI=1S/C26H36N6O2/c1-25(8-13-31(14-9-25)24-27-11-5-12-28-24)23(33)32-15-10-26(34,21-32)20-29-16-18-30(19-17-29)22-6-3-2-4-7-22/h2-7,11-12,34H,8-10,13-21H2,1H3/t26-/m0/s1. The molecule has 1 atom stereocenters.